The zero-order valence-electron chi connectivity index (χ0n) is 16.8. The Bertz CT molecular complexity index is 1050. The van der Waals surface area contributed by atoms with E-state index in [4.69, 9.17) is 4.74 Å². The molecule has 0 bridgehead atoms. The third-order valence-corrected chi connectivity index (χ3v) is 7.32. The second-order valence-corrected chi connectivity index (χ2v) is 9.42. The van der Waals surface area contributed by atoms with Gasteiger partial charge in [-0.25, -0.2) is 13.1 Å². The Kier molecular flexibility index (Phi) is 5.36. The van der Waals surface area contributed by atoms with Crippen LogP contribution in [0.5, 0.6) is 5.75 Å². The van der Waals surface area contributed by atoms with Gasteiger partial charge in [0, 0.05) is 19.0 Å². The number of sulfonamides is 1. The predicted octanol–water partition coefficient (Wildman–Crippen LogP) is 3.35. The van der Waals surface area contributed by atoms with Crippen LogP contribution >= 0.6 is 0 Å². The molecule has 2 aliphatic rings. The number of methoxy groups -OCH3 is 1. The van der Waals surface area contributed by atoms with E-state index in [0.717, 1.165) is 31.2 Å². The fourth-order valence-corrected chi connectivity index (χ4v) is 5.43. The van der Waals surface area contributed by atoms with Gasteiger partial charge in [-0.05, 0) is 67.5 Å². The Hall–Kier alpha value is -2.38. The van der Waals surface area contributed by atoms with E-state index in [2.05, 4.69) is 16.9 Å². The molecular weight excluding hydrogens is 388 g/mol. The highest BCUT2D eigenvalue weighted by atomic mass is 32.2. The van der Waals surface area contributed by atoms with E-state index in [1.165, 1.54) is 30.4 Å². The normalized spacial score (nSPS) is 17.4. The van der Waals surface area contributed by atoms with Gasteiger partial charge in [0.15, 0.2) is 0 Å². The maximum atomic E-state index is 13.0. The van der Waals surface area contributed by atoms with Crippen molar-refractivity contribution < 1.29 is 17.9 Å². The Morgan fingerprint density at radius 2 is 1.83 bits per heavy atom. The van der Waals surface area contributed by atoms with Crippen molar-refractivity contribution in [1.82, 2.24) is 4.72 Å². The van der Waals surface area contributed by atoms with Gasteiger partial charge in [0.05, 0.1) is 17.7 Å². The molecule has 2 aromatic carbocycles. The summed E-state index contributed by atoms with van der Waals surface area (Å²) in [5, 5.41) is 0. The Balaban J connectivity index is 1.60. The van der Waals surface area contributed by atoms with Crippen molar-refractivity contribution in [3.8, 4) is 5.75 Å². The van der Waals surface area contributed by atoms with Crippen LogP contribution in [-0.2, 0) is 27.7 Å². The van der Waals surface area contributed by atoms with Crippen LogP contribution in [0.15, 0.2) is 41.3 Å². The summed E-state index contributed by atoms with van der Waals surface area (Å²) in [6.07, 6.45) is 4.52. The third-order valence-electron chi connectivity index (χ3n) is 5.78. The Labute approximate surface area is 171 Å². The van der Waals surface area contributed by atoms with Gasteiger partial charge in [-0.2, -0.15) is 0 Å². The molecule has 154 valence electrons. The Morgan fingerprint density at radius 3 is 2.55 bits per heavy atom. The molecule has 1 saturated heterocycles. The van der Waals surface area contributed by atoms with Crippen molar-refractivity contribution >= 4 is 21.6 Å². The first-order valence-electron chi connectivity index (χ1n) is 10.0. The lowest BCUT2D eigenvalue weighted by molar-refractivity contribution is -0.117. The van der Waals surface area contributed by atoms with Gasteiger partial charge < -0.3 is 9.64 Å². The highest BCUT2D eigenvalue weighted by Gasteiger charge is 2.27. The van der Waals surface area contributed by atoms with Crippen LogP contribution in [0, 0.1) is 0 Å². The lowest BCUT2D eigenvalue weighted by Crippen LogP contribution is -2.28. The highest BCUT2D eigenvalue weighted by Crippen LogP contribution is 2.34. The van der Waals surface area contributed by atoms with Gasteiger partial charge in [0.1, 0.15) is 5.75 Å². The van der Waals surface area contributed by atoms with Gasteiger partial charge in [-0.15, -0.1) is 0 Å². The zero-order valence-corrected chi connectivity index (χ0v) is 17.6. The summed E-state index contributed by atoms with van der Waals surface area (Å²) in [4.78, 5) is 13.9. The van der Waals surface area contributed by atoms with E-state index in [9.17, 15) is 13.2 Å². The number of anilines is 1. The predicted molar refractivity (Wildman–Crippen MR) is 112 cm³/mol. The van der Waals surface area contributed by atoms with E-state index >= 15 is 0 Å². The maximum Gasteiger partial charge on any atom is 0.241 e. The summed E-state index contributed by atoms with van der Waals surface area (Å²) < 4.78 is 34.2. The van der Waals surface area contributed by atoms with Crippen LogP contribution in [0.4, 0.5) is 5.69 Å². The molecule has 4 rings (SSSR count). The van der Waals surface area contributed by atoms with Crippen LogP contribution in [0.25, 0.3) is 0 Å². The zero-order chi connectivity index (χ0) is 20.6. The number of carbonyl (C=O) groups is 1. The van der Waals surface area contributed by atoms with E-state index in [0.29, 0.717) is 24.4 Å². The molecule has 7 heteroatoms. The number of hydrogen-bond donors (Lipinski definition) is 1. The molecule has 0 spiro atoms. The average Bonchev–Trinajstić information content (AvgIpc) is 3.35. The number of nitrogens with zero attached hydrogens (tertiary/aromatic N) is 1. The standard InChI is InChI=1S/C22H26N2O4S/c1-15(17-9-8-16-5-3-6-18(16)13-17)23-29(26,27)19-10-11-21(28-2)20(14-19)24-12-4-7-22(24)25/h8-11,13-15,23H,3-7,12H2,1-2H3/t15-/m0/s1. The SMILES string of the molecule is COc1ccc(S(=O)(=O)N[C@@H](C)c2ccc3c(c2)CCC3)cc1N1CCCC1=O. The molecule has 1 fully saturated rings. The van der Waals surface area contributed by atoms with Gasteiger partial charge >= 0.3 is 0 Å². The number of nitrogens with one attached hydrogen (secondary N) is 1. The maximum absolute atomic E-state index is 13.0. The van der Waals surface area contributed by atoms with Gasteiger partial charge in [-0.1, -0.05) is 18.2 Å². The molecule has 29 heavy (non-hydrogen) atoms. The third kappa shape index (κ3) is 3.89. The monoisotopic (exact) mass is 414 g/mol. The van der Waals surface area contributed by atoms with Gasteiger partial charge in [-0.3, -0.25) is 4.79 Å². The van der Waals surface area contributed by atoms with E-state index in [1.54, 1.807) is 11.0 Å². The lowest BCUT2D eigenvalue weighted by Gasteiger charge is -2.21. The number of fused-ring (bicyclic) bond motifs is 1. The van der Waals surface area contributed by atoms with Crippen molar-refractivity contribution in [3.05, 3.63) is 53.1 Å². The number of rotatable bonds is 6. The summed E-state index contributed by atoms with van der Waals surface area (Å²) in [6.45, 7) is 2.42. The molecule has 1 atom stereocenters. The van der Waals surface area contributed by atoms with E-state index in [1.807, 2.05) is 13.0 Å². The molecule has 1 aliphatic carbocycles. The summed E-state index contributed by atoms with van der Waals surface area (Å²) in [6, 6.07) is 10.5. The van der Waals surface area contributed by atoms with Crippen molar-refractivity contribution in [2.24, 2.45) is 0 Å². The second-order valence-electron chi connectivity index (χ2n) is 7.71. The number of aryl methyl sites for hydroxylation is 2. The summed E-state index contributed by atoms with van der Waals surface area (Å²) in [7, 11) is -2.24. The molecule has 1 heterocycles. The average molecular weight is 415 g/mol. The minimum absolute atomic E-state index is 0.0164. The molecule has 2 aromatic rings. The number of ether oxygens (including phenoxy) is 1. The molecule has 6 nitrogen and oxygen atoms in total. The number of carbonyl (C=O) groups excluding carboxylic acids is 1. The highest BCUT2D eigenvalue weighted by molar-refractivity contribution is 7.89. The minimum atomic E-state index is -3.76. The molecule has 0 unspecified atom stereocenters. The van der Waals surface area contributed by atoms with Gasteiger partial charge in [0.2, 0.25) is 15.9 Å². The van der Waals surface area contributed by atoms with Gasteiger partial charge in [0.25, 0.3) is 0 Å². The summed E-state index contributed by atoms with van der Waals surface area (Å²) in [5.74, 6) is 0.475. The fraction of sp³-hybridized carbons (Fsp3) is 0.409. The first-order chi connectivity index (χ1) is 13.9. The first-order valence-corrected chi connectivity index (χ1v) is 11.5. The van der Waals surface area contributed by atoms with Crippen molar-refractivity contribution in [2.45, 2.75) is 50.0 Å². The first kappa shape index (κ1) is 19.9. The largest absolute Gasteiger partial charge is 0.495 e. The van der Waals surface area contributed by atoms with Crippen LogP contribution in [0.2, 0.25) is 0 Å². The number of amides is 1. The molecular formula is C22H26N2O4S. The topological polar surface area (TPSA) is 75.7 Å². The van der Waals surface area contributed by atoms with E-state index < -0.39 is 10.0 Å². The molecule has 1 aliphatic heterocycles. The summed E-state index contributed by atoms with van der Waals surface area (Å²) in [5.41, 5.74) is 4.13. The van der Waals surface area contributed by atoms with Crippen molar-refractivity contribution in [2.75, 3.05) is 18.6 Å². The smallest absolute Gasteiger partial charge is 0.241 e. The molecule has 1 N–H and O–H groups in total. The minimum Gasteiger partial charge on any atom is -0.495 e. The van der Waals surface area contributed by atoms with Crippen LogP contribution < -0.4 is 14.4 Å². The number of benzene rings is 2. The number of hydrogen-bond acceptors (Lipinski definition) is 4. The molecule has 0 aromatic heterocycles. The van der Waals surface area contributed by atoms with Crippen LogP contribution in [-0.4, -0.2) is 28.0 Å². The summed E-state index contributed by atoms with van der Waals surface area (Å²) >= 11 is 0. The van der Waals surface area contributed by atoms with E-state index in [-0.39, 0.29) is 16.8 Å². The quantitative estimate of drug-likeness (QED) is 0.787. The van der Waals surface area contributed by atoms with Crippen molar-refractivity contribution in [3.63, 3.8) is 0 Å². The molecule has 1 amide bonds. The van der Waals surface area contributed by atoms with Crippen molar-refractivity contribution in [1.29, 1.82) is 0 Å². The molecule has 0 radical (unpaired) electrons. The fourth-order valence-electron chi connectivity index (χ4n) is 4.18. The van der Waals surface area contributed by atoms with Crippen LogP contribution in [0.1, 0.15) is 48.9 Å². The lowest BCUT2D eigenvalue weighted by atomic mass is 10.0. The Morgan fingerprint density at radius 1 is 1.03 bits per heavy atom. The van der Waals surface area contributed by atoms with Crippen LogP contribution in [0.3, 0.4) is 0 Å². The molecule has 0 saturated carbocycles. The second kappa shape index (κ2) is 7.80.